The molecule has 0 aromatic heterocycles. The van der Waals surface area contributed by atoms with E-state index in [0.717, 1.165) is 44.5 Å². The minimum atomic E-state index is -0.547. The van der Waals surface area contributed by atoms with Crippen LogP contribution in [0.4, 0.5) is 0 Å². The summed E-state index contributed by atoms with van der Waals surface area (Å²) in [6, 6.07) is 0. The van der Waals surface area contributed by atoms with E-state index in [9.17, 15) is 10.2 Å². The third kappa shape index (κ3) is 1.14. The predicted molar refractivity (Wildman–Crippen MR) is 96.0 cm³/mol. The summed E-state index contributed by atoms with van der Waals surface area (Å²) in [6.07, 6.45) is 5.87. The van der Waals surface area contributed by atoms with E-state index < -0.39 is 17.6 Å². The SMILES string of the molecule is C=C1[C@H]2CC3C45OCCN4C[C@]4(C)CCC[C@@]56[C@@H]4C[C@H](O)[C@]3([C@@H]1O)[C@H]6C2. The molecule has 0 aromatic carbocycles. The Morgan fingerprint density at radius 2 is 1.92 bits per heavy atom. The van der Waals surface area contributed by atoms with E-state index in [2.05, 4.69) is 18.4 Å². The molecule has 6 aliphatic carbocycles. The normalized spacial score (nSPS) is 67.6. The van der Waals surface area contributed by atoms with Gasteiger partial charge in [-0.05, 0) is 60.8 Å². The zero-order chi connectivity index (χ0) is 17.7. The molecule has 0 radical (unpaired) electrons. The molecule has 2 aliphatic heterocycles. The summed E-state index contributed by atoms with van der Waals surface area (Å²) in [7, 11) is 0. The van der Waals surface area contributed by atoms with E-state index in [1.807, 2.05) is 0 Å². The summed E-state index contributed by atoms with van der Waals surface area (Å²) < 4.78 is 6.84. The second kappa shape index (κ2) is 4.12. The molecule has 6 saturated carbocycles. The lowest BCUT2D eigenvalue weighted by atomic mass is 9.38. The van der Waals surface area contributed by atoms with E-state index in [4.69, 9.17) is 4.74 Å². The van der Waals surface area contributed by atoms with Gasteiger partial charge in [0, 0.05) is 29.8 Å². The highest BCUT2D eigenvalue weighted by molar-refractivity contribution is 5.41. The topological polar surface area (TPSA) is 52.9 Å². The van der Waals surface area contributed by atoms with Gasteiger partial charge < -0.3 is 14.9 Å². The predicted octanol–water partition coefficient (Wildman–Crippen LogP) is 2.16. The molecule has 2 heterocycles. The summed E-state index contributed by atoms with van der Waals surface area (Å²) in [5.41, 5.74) is 0.791. The maximum atomic E-state index is 11.6. The third-order valence-corrected chi connectivity index (χ3v) is 10.9. The van der Waals surface area contributed by atoms with Crippen LogP contribution in [0.3, 0.4) is 0 Å². The second-order valence-electron chi connectivity index (χ2n) is 11.1. The first-order valence-corrected chi connectivity index (χ1v) is 10.9. The standard InChI is InChI=1S/C22H31NO3/c1-12-13-8-15-20-5-3-4-19(2)11-23-6-7-26-22(20,23)16(9-13)21(15,18(12)25)17(24)10-14(19)20/h13-18,24-25H,1,3-11H2,2H3/t13-,14-,15+,16?,17+,18-,19+,20+,21+,22?/m1/s1. The molecule has 2 saturated heterocycles. The molecule has 2 unspecified atom stereocenters. The van der Waals surface area contributed by atoms with Crippen molar-refractivity contribution in [1.29, 1.82) is 0 Å². The minimum absolute atomic E-state index is 0.134. The highest BCUT2D eigenvalue weighted by Gasteiger charge is 2.90. The zero-order valence-electron chi connectivity index (χ0n) is 15.8. The number of hydrogen-bond donors (Lipinski definition) is 2. The van der Waals surface area contributed by atoms with Gasteiger partial charge in [-0.2, -0.15) is 0 Å². The average molecular weight is 357 g/mol. The number of nitrogens with zero attached hydrogens (tertiary/aromatic N) is 1. The fraction of sp³-hybridized carbons (Fsp3) is 0.909. The van der Waals surface area contributed by atoms with E-state index in [-0.39, 0.29) is 22.5 Å². The molecule has 10 atom stereocenters. The Balaban J connectivity index is 1.58. The molecule has 8 aliphatic rings. The molecule has 6 bridgehead atoms. The highest BCUT2D eigenvalue weighted by atomic mass is 16.5. The van der Waals surface area contributed by atoms with Crippen molar-refractivity contribution in [3.05, 3.63) is 12.2 Å². The van der Waals surface area contributed by atoms with Crippen LogP contribution in [0.2, 0.25) is 0 Å². The van der Waals surface area contributed by atoms with Gasteiger partial charge in [0.1, 0.15) is 5.72 Å². The number of hydrogen-bond acceptors (Lipinski definition) is 4. The Morgan fingerprint density at radius 3 is 2.77 bits per heavy atom. The molecule has 4 heteroatoms. The molecular formula is C22H31NO3. The third-order valence-electron chi connectivity index (χ3n) is 10.9. The summed E-state index contributed by atoms with van der Waals surface area (Å²) >= 11 is 0. The summed E-state index contributed by atoms with van der Waals surface area (Å²) in [5.74, 6) is 1.62. The van der Waals surface area contributed by atoms with Gasteiger partial charge >= 0.3 is 0 Å². The number of fused-ring (bicyclic) bond motifs is 1. The fourth-order valence-electron chi connectivity index (χ4n) is 10.6. The molecule has 8 rings (SSSR count). The van der Waals surface area contributed by atoms with E-state index >= 15 is 0 Å². The molecular weight excluding hydrogens is 326 g/mol. The molecule has 4 nitrogen and oxygen atoms in total. The van der Waals surface area contributed by atoms with Crippen LogP contribution < -0.4 is 0 Å². The van der Waals surface area contributed by atoms with Crippen molar-refractivity contribution in [2.75, 3.05) is 19.7 Å². The first kappa shape index (κ1) is 15.5. The van der Waals surface area contributed by atoms with Crippen molar-refractivity contribution >= 4 is 0 Å². The Labute approximate surface area is 155 Å². The van der Waals surface area contributed by atoms with Gasteiger partial charge in [0.25, 0.3) is 0 Å². The van der Waals surface area contributed by atoms with Crippen LogP contribution in [0.15, 0.2) is 12.2 Å². The van der Waals surface area contributed by atoms with Gasteiger partial charge in [0.15, 0.2) is 0 Å². The molecule has 8 fully saturated rings. The summed E-state index contributed by atoms with van der Waals surface area (Å²) in [6.45, 7) is 9.75. The number of rotatable bonds is 0. The van der Waals surface area contributed by atoms with Crippen LogP contribution in [0, 0.1) is 39.9 Å². The van der Waals surface area contributed by atoms with Crippen LogP contribution in [0.5, 0.6) is 0 Å². The molecule has 3 spiro atoms. The Kier molecular flexibility index (Phi) is 2.46. The lowest BCUT2D eigenvalue weighted by molar-refractivity contribution is -0.285. The summed E-state index contributed by atoms with van der Waals surface area (Å²) in [4.78, 5) is 2.70. The van der Waals surface area contributed by atoms with Crippen molar-refractivity contribution in [1.82, 2.24) is 4.90 Å². The van der Waals surface area contributed by atoms with E-state index in [0.29, 0.717) is 17.8 Å². The number of ether oxygens (including phenoxy) is 1. The monoisotopic (exact) mass is 357 g/mol. The van der Waals surface area contributed by atoms with Gasteiger partial charge in [0.2, 0.25) is 0 Å². The van der Waals surface area contributed by atoms with Crippen LogP contribution in [-0.2, 0) is 4.74 Å². The van der Waals surface area contributed by atoms with Crippen LogP contribution in [0.1, 0.15) is 45.4 Å². The first-order valence-electron chi connectivity index (χ1n) is 10.9. The molecule has 2 N–H and O–H groups in total. The highest BCUT2D eigenvalue weighted by Crippen LogP contribution is 2.86. The first-order chi connectivity index (χ1) is 12.4. The molecule has 0 amide bonds. The van der Waals surface area contributed by atoms with Crippen LogP contribution in [-0.4, -0.2) is 52.7 Å². The Morgan fingerprint density at radius 1 is 1.12 bits per heavy atom. The molecule has 142 valence electrons. The van der Waals surface area contributed by atoms with Crippen molar-refractivity contribution in [2.24, 2.45) is 39.9 Å². The lowest BCUT2D eigenvalue weighted by Gasteiger charge is -2.69. The number of piperidine rings is 1. The minimum Gasteiger partial charge on any atom is -0.392 e. The van der Waals surface area contributed by atoms with Gasteiger partial charge in [-0.1, -0.05) is 19.9 Å². The van der Waals surface area contributed by atoms with Crippen molar-refractivity contribution in [3.8, 4) is 0 Å². The average Bonchev–Trinajstić information content (AvgIpc) is 3.04. The Hall–Kier alpha value is -0.420. The van der Waals surface area contributed by atoms with E-state index in [1.165, 1.54) is 19.3 Å². The van der Waals surface area contributed by atoms with Crippen molar-refractivity contribution < 1.29 is 14.9 Å². The van der Waals surface area contributed by atoms with Gasteiger partial charge in [-0.25, -0.2) is 0 Å². The number of aliphatic hydroxyl groups excluding tert-OH is 2. The van der Waals surface area contributed by atoms with E-state index in [1.54, 1.807) is 0 Å². The van der Waals surface area contributed by atoms with Crippen LogP contribution in [0.25, 0.3) is 0 Å². The van der Waals surface area contributed by atoms with Crippen molar-refractivity contribution in [2.45, 2.75) is 63.4 Å². The van der Waals surface area contributed by atoms with Crippen LogP contribution >= 0.6 is 0 Å². The van der Waals surface area contributed by atoms with Gasteiger partial charge in [-0.3, -0.25) is 4.90 Å². The summed E-state index contributed by atoms with van der Waals surface area (Å²) in [5, 5.41) is 23.1. The second-order valence-corrected chi connectivity index (χ2v) is 11.1. The fourth-order valence-corrected chi connectivity index (χ4v) is 10.6. The molecule has 0 aromatic rings. The lowest BCUT2D eigenvalue weighted by Crippen LogP contribution is -2.72. The largest absolute Gasteiger partial charge is 0.392 e. The van der Waals surface area contributed by atoms with Gasteiger partial charge in [-0.15, -0.1) is 0 Å². The van der Waals surface area contributed by atoms with Gasteiger partial charge in [0.05, 0.1) is 18.8 Å². The smallest absolute Gasteiger partial charge is 0.131 e. The quantitative estimate of drug-likeness (QED) is 0.653. The molecule has 26 heavy (non-hydrogen) atoms. The van der Waals surface area contributed by atoms with Crippen molar-refractivity contribution in [3.63, 3.8) is 0 Å². The number of aliphatic hydroxyl groups is 2. The zero-order valence-corrected chi connectivity index (χ0v) is 15.8. The maximum Gasteiger partial charge on any atom is 0.131 e. The maximum absolute atomic E-state index is 11.6. The Bertz CT molecular complexity index is 739.